The number of rotatable bonds is 5. The number of benzene rings is 4. The van der Waals surface area contributed by atoms with Gasteiger partial charge in [0.2, 0.25) is 0 Å². The van der Waals surface area contributed by atoms with E-state index in [4.69, 9.17) is 4.98 Å². The molecular formula is C36H22N6O2Pt. The van der Waals surface area contributed by atoms with Gasteiger partial charge in [-0.05, 0) is 48.2 Å². The van der Waals surface area contributed by atoms with Crippen molar-refractivity contribution >= 4 is 22.3 Å². The van der Waals surface area contributed by atoms with Crippen molar-refractivity contribution in [2.45, 2.75) is 0 Å². The zero-order chi connectivity index (χ0) is 29.6. The predicted molar refractivity (Wildman–Crippen MR) is 170 cm³/mol. The molecule has 45 heavy (non-hydrogen) atoms. The van der Waals surface area contributed by atoms with Crippen LogP contribution in [0.15, 0.2) is 143 Å². The Morgan fingerprint density at radius 3 is 1.78 bits per heavy atom. The van der Waals surface area contributed by atoms with Crippen LogP contribution in [-0.4, -0.2) is 28.2 Å². The molecule has 0 radical (unpaired) electrons. The van der Waals surface area contributed by atoms with E-state index >= 15 is 0 Å². The number of aromatic nitrogens is 6. The number of hydrogen-bond acceptors (Lipinski definition) is 4. The average molecular weight is 766 g/mol. The van der Waals surface area contributed by atoms with E-state index in [-0.39, 0.29) is 32.4 Å². The summed E-state index contributed by atoms with van der Waals surface area (Å²) in [7, 11) is 0. The zero-order valence-electron chi connectivity index (χ0n) is 23.5. The van der Waals surface area contributed by atoms with Crippen LogP contribution in [0.1, 0.15) is 0 Å². The Hall–Kier alpha value is -5.59. The standard InChI is InChI=1S/C36H22N6O2.Pt/c43-35-39(27-16-6-2-7-17-27)30-24-31-34(38-33(30)41(35)29-20-12-15-26(23-29)25-13-4-1-5-14-25)42(32-21-10-11-22-37-32)36(44)40(31)28-18-8-3-9-19-28;/h1-13,15-22,24H;/q-2;+2. The second kappa shape index (κ2) is 11.5. The molecule has 8 nitrogen and oxygen atoms in total. The third-order valence-electron chi connectivity index (χ3n) is 7.54. The third kappa shape index (κ3) is 4.67. The first-order valence-electron chi connectivity index (χ1n) is 14.0. The Kier molecular flexibility index (Phi) is 7.20. The summed E-state index contributed by atoms with van der Waals surface area (Å²) < 4.78 is 6.25. The smallest absolute Gasteiger partial charge is 0.263 e. The van der Waals surface area contributed by atoms with Crippen molar-refractivity contribution in [1.29, 1.82) is 0 Å². The van der Waals surface area contributed by atoms with Gasteiger partial charge in [-0.1, -0.05) is 42.5 Å². The molecule has 4 aromatic heterocycles. The van der Waals surface area contributed by atoms with Crippen LogP contribution in [0.25, 0.3) is 56.3 Å². The summed E-state index contributed by atoms with van der Waals surface area (Å²) in [6.07, 6.45) is 1.63. The Morgan fingerprint density at radius 1 is 0.556 bits per heavy atom. The van der Waals surface area contributed by atoms with Gasteiger partial charge in [0.1, 0.15) is 5.82 Å². The molecule has 4 heterocycles. The summed E-state index contributed by atoms with van der Waals surface area (Å²) in [5.41, 5.74) is 4.71. The zero-order valence-corrected chi connectivity index (χ0v) is 25.8. The Labute approximate surface area is 271 Å². The summed E-state index contributed by atoms with van der Waals surface area (Å²) in [6, 6.07) is 45.9. The van der Waals surface area contributed by atoms with Gasteiger partial charge in [0.25, 0.3) is 0 Å². The monoisotopic (exact) mass is 765 g/mol. The fourth-order valence-corrected chi connectivity index (χ4v) is 5.59. The molecule has 0 unspecified atom stereocenters. The summed E-state index contributed by atoms with van der Waals surface area (Å²) in [5, 5.41) is 0. The van der Waals surface area contributed by atoms with Crippen LogP contribution in [0.2, 0.25) is 0 Å². The van der Waals surface area contributed by atoms with E-state index in [1.54, 1.807) is 32.0 Å². The minimum absolute atomic E-state index is 0. The molecule has 0 saturated carbocycles. The quantitative estimate of drug-likeness (QED) is 0.204. The predicted octanol–water partition coefficient (Wildman–Crippen LogP) is 5.93. The van der Waals surface area contributed by atoms with Crippen LogP contribution in [0.3, 0.4) is 0 Å². The molecule has 0 saturated heterocycles. The molecule has 9 heteroatoms. The fraction of sp³-hybridized carbons (Fsp3) is 0. The van der Waals surface area contributed by atoms with E-state index in [0.717, 1.165) is 11.1 Å². The first-order chi connectivity index (χ1) is 21.7. The molecule has 218 valence electrons. The molecule has 8 aromatic rings. The van der Waals surface area contributed by atoms with Gasteiger partial charge in [-0.15, -0.1) is 12.1 Å². The molecule has 4 aromatic carbocycles. The number of fused-ring (bicyclic) bond motifs is 2. The minimum Gasteiger partial charge on any atom is -0.263 e. The van der Waals surface area contributed by atoms with Crippen molar-refractivity contribution in [3.8, 4) is 34.0 Å². The van der Waals surface area contributed by atoms with E-state index in [2.05, 4.69) is 17.1 Å². The first kappa shape index (κ1) is 28.2. The van der Waals surface area contributed by atoms with E-state index in [0.29, 0.717) is 45.2 Å². The number of hydrogen-bond donors (Lipinski definition) is 0. The van der Waals surface area contributed by atoms with Gasteiger partial charge in [-0.25, -0.2) is 35.3 Å². The molecular weight excluding hydrogens is 744 g/mol. The van der Waals surface area contributed by atoms with Crippen molar-refractivity contribution in [3.63, 3.8) is 0 Å². The van der Waals surface area contributed by atoms with Crippen molar-refractivity contribution < 1.29 is 21.1 Å². The Balaban J connectivity index is 0.00000325. The average Bonchev–Trinajstić information content (AvgIpc) is 3.53. The van der Waals surface area contributed by atoms with Gasteiger partial charge in [0.15, 0.2) is 11.3 Å². The van der Waals surface area contributed by atoms with Crippen LogP contribution in [0.5, 0.6) is 0 Å². The molecule has 0 atom stereocenters. The second-order valence-corrected chi connectivity index (χ2v) is 10.2. The van der Waals surface area contributed by atoms with Gasteiger partial charge in [0.05, 0.1) is 22.4 Å². The van der Waals surface area contributed by atoms with Gasteiger partial charge in [-0.2, -0.15) is 42.5 Å². The van der Waals surface area contributed by atoms with Crippen molar-refractivity contribution in [2.24, 2.45) is 0 Å². The Bertz CT molecular complexity index is 2410. The molecule has 0 fully saturated rings. The van der Waals surface area contributed by atoms with Crippen LogP contribution in [-0.2, 0) is 21.1 Å². The van der Waals surface area contributed by atoms with Crippen molar-refractivity contribution in [1.82, 2.24) is 28.2 Å². The summed E-state index contributed by atoms with van der Waals surface area (Å²) in [6.45, 7) is 0. The molecule has 8 rings (SSSR count). The number of para-hydroxylation sites is 2. The number of imidazole rings is 2. The maximum atomic E-state index is 14.4. The Morgan fingerprint density at radius 2 is 1.16 bits per heavy atom. The topological polar surface area (TPSA) is 79.6 Å². The first-order valence-corrected chi connectivity index (χ1v) is 14.0. The summed E-state index contributed by atoms with van der Waals surface area (Å²) >= 11 is 0. The molecule has 0 amide bonds. The van der Waals surface area contributed by atoms with E-state index in [1.165, 1.54) is 4.57 Å². The van der Waals surface area contributed by atoms with E-state index < -0.39 is 0 Å². The van der Waals surface area contributed by atoms with Crippen LogP contribution in [0, 0.1) is 12.1 Å². The molecule has 0 aliphatic carbocycles. The van der Waals surface area contributed by atoms with Crippen LogP contribution >= 0.6 is 0 Å². The van der Waals surface area contributed by atoms with Crippen molar-refractivity contribution in [3.05, 3.63) is 167 Å². The summed E-state index contributed by atoms with van der Waals surface area (Å²) in [5.74, 6) is 0.425. The molecule has 0 aliphatic rings. The number of nitrogens with zero attached hydrogens (tertiary/aromatic N) is 6. The van der Waals surface area contributed by atoms with E-state index in [9.17, 15) is 9.59 Å². The SMILES string of the molecule is O=c1n(-c2ccccc2)c2cc3c(nc2n1-c1[c-]c(-c2[c-]cccc2)ccc1)n(-c1ccccn1)c(=O)n3-c1ccccc1.[Pt+2]. The fourth-order valence-electron chi connectivity index (χ4n) is 5.59. The maximum Gasteiger partial charge on any atom is 2.00 e. The number of pyridine rings is 2. The minimum atomic E-state index is -0.321. The normalized spacial score (nSPS) is 11.1. The van der Waals surface area contributed by atoms with Crippen LogP contribution < -0.4 is 11.4 Å². The summed E-state index contributed by atoms with van der Waals surface area (Å²) in [4.78, 5) is 38.0. The van der Waals surface area contributed by atoms with Gasteiger partial charge >= 0.3 is 32.4 Å². The van der Waals surface area contributed by atoms with Crippen LogP contribution in [0.4, 0.5) is 0 Å². The van der Waals surface area contributed by atoms with Gasteiger partial charge in [0, 0.05) is 6.20 Å². The van der Waals surface area contributed by atoms with Gasteiger partial charge < -0.3 is 0 Å². The molecule has 0 aliphatic heterocycles. The largest absolute Gasteiger partial charge is 2.00 e. The molecule has 0 spiro atoms. The maximum absolute atomic E-state index is 14.4. The third-order valence-corrected chi connectivity index (χ3v) is 7.54. The van der Waals surface area contributed by atoms with Gasteiger partial charge in [-0.3, -0.25) is 13.7 Å². The molecule has 0 N–H and O–H groups in total. The second-order valence-electron chi connectivity index (χ2n) is 10.2. The van der Waals surface area contributed by atoms with E-state index in [1.807, 2.05) is 115 Å². The molecule has 0 bridgehead atoms. The van der Waals surface area contributed by atoms with Crippen molar-refractivity contribution in [2.75, 3.05) is 0 Å².